The average Bonchev–Trinajstić information content (AvgIpc) is 2.05. The Balaban J connectivity index is 2.48. The maximum absolute atomic E-state index is 11.2. The van der Waals surface area contributed by atoms with E-state index in [0.29, 0.717) is 13.0 Å². The van der Waals surface area contributed by atoms with E-state index in [1.165, 1.54) is 11.8 Å². The van der Waals surface area contributed by atoms with E-state index in [2.05, 4.69) is 0 Å². The summed E-state index contributed by atoms with van der Waals surface area (Å²) in [6.07, 6.45) is 1.41. The molecule has 12 heavy (non-hydrogen) atoms. The van der Waals surface area contributed by atoms with Crippen LogP contribution in [0.1, 0.15) is 19.8 Å². The van der Waals surface area contributed by atoms with Crippen molar-refractivity contribution < 1.29 is 14.3 Å². The Hall–Kier alpha value is -0.510. The molecule has 1 atom stereocenters. The Morgan fingerprint density at radius 3 is 3.08 bits per heavy atom. The number of Topliss-reactive ketones (excluding diaryl/α,β-unsaturated/α-hetero) is 1. The van der Waals surface area contributed by atoms with Crippen molar-refractivity contribution >= 4 is 23.5 Å². The van der Waals surface area contributed by atoms with Gasteiger partial charge in [-0.1, -0.05) is 0 Å². The summed E-state index contributed by atoms with van der Waals surface area (Å²) in [5.41, 5.74) is 0. The Bertz CT molecular complexity index is 191. The minimum atomic E-state index is -0.543. The smallest absolute Gasteiger partial charge is 0.326 e. The molecular formula is C8H12O3S. The molecule has 1 fully saturated rings. The molecule has 1 heterocycles. The third-order valence-corrected chi connectivity index (χ3v) is 2.96. The fraction of sp³-hybridized carbons (Fsp3) is 0.750. The zero-order valence-corrected chi connectivity index (χ0v) is 7.86. The zero-order valence-electron chi connectivity index (χ0n) is 7.04. The number of thioether (sulfide) groups is 1. The Morgan fingerprint density at radius 2 is 2.50 bits per heavy atom. The molecule has 0 aromatic heterocycles. The van der Waals surface area contributed by atoms with Crippen molar-refractivity contribution in [2.24, 2.45) is 0 Å². The van der Waals surface area contributed by atoms with E-state index in [0.717, 1.165) is 12.2 Å². The molecule has 0 unspecified atom stereocenters. The van der Waals surface area contributed by atoms with Gasteiger partial charge in [-0.2, -0.15) is 0 Å². The van der Waals surface area contributed by atoms with Crippen LogP contribution in [-0.4, -0.2) is 29.4 Å². The summed E-state index contributed by atoms with van der Waals surface area (Å²) in [5, 5.41) is -0.543. The first kappa shape index (κ1) is 9.58. The summed E-state index contributed by atoms with van der Waals surface area (Å²) in [4.78, 5) is 22.3. The van der Waals surface area contributed by atoms with Crippen molar-refractivity contribution in [3.63, 3.8) is 0 Å². The van der Waals surface area contributed by atoms with Crippen molar-refractivity contribution in [2.75, 3.05) is 12.4 Å². The molecule has 1 saturated heterocycles. The summed E-state index contributed by atoms with van der Waals surface area (Å²) in [6, 6.07) is 0. The molecular weight excluding hydrogens is 176 g/mol. The van der Waals surface area contributed by atoms with E-state index >= 15 is 0 Å². The number of ether oxygens (including phenoxy) is 1. The van der Waals surface area contributed by atoms with Crippen LogP contribution in [0.25, 0.3) is 0 Å². The quantitative estimate of drug-likeness (QED) is 0.479. The number of rotatable bonds is 2. The van der Waals surface area contributed by atoms with E-state index in [4.69, 9.17) is 4.74 Å². The second kappa shape index (κ2) is 4.50. The van der Waals surface area contributed by atoms with Gasteiger partial charge >= 0.3 is 5.97 Å². The molecule has 1 aliphatic rings. The van der Waals surface area contributed by atoms with Crippen LogP contribution in [0, 0.1) is 0 Å². The predicted molar refractivity (Wildman–Crippen MR) is 47.1 cm³/mol. The summed E-state index contributed by atoms with van der Waals surface area (Å²) < 4.78 is 4.77. The van der Waals surface area contributed by atoms with Gasteiger partial charge in [-0.15, -0.1) is 11.8 Å². The van der Waals surface area contributed by atoms with Crippen LogP contribution < -0.4 is 0 Å². The van der Waals surface area contributed by atoms with E-state index in [1.54, 1.807) is 6.92 Å². The first-order valence-corrected chi connectivity index (χ1v) is 5.11. The minimum Gasteiger partial charge on any atom is -0.465 e. The maximum atomic E-state index is 11.2. The first-order valence-electron chi connectivity index (χ1n) is 4.06. The fourth-order valence-corrected chi connectivity index (χ4v) is 2.14. The summed E-state index contributed by atoms with van der Waals surface area (Å²) in [7, 11) is 0. The summed E-state index contributed by atoms with van der Waals surface area (Å²) >= 11 is 1.40. The van der Waals surface area contributed by atoms with E-state index in [9.17, 15) is 9.59 Å². The van der Waals surface area contributed by atoms with E-state index < -0.39 is 5.25 Å². The van der Waals surface area contributed by atoms with Gasteiger partial charge in [-0.05, 0) is 19.1 Å². The highest BCUT2D eigenvalue weighted by Gasteiger charge is 2.30. The SMILES string of the molecule is CCOC(=O)[C@@H]1SCCCC1=O. The van der Waals surface area contributed by atoms with Crippen LogP contribution in [0.2, 0.25) is 0 Å². The molecule has 0 aromatic rings. The number of carbonyl (C=O) groups excluding carboxylic acids is 2. The lowest BCUT2D eigenvalue weighted by atomic mass is 10.1. The van der Waals surface area contributed by atoms with Gasteiger partial charge in [0, 0.05) is 6.42 Å². The van der Waals surface area contributed by atoms with E-state index in [1.807, 2.05) is 0 Å². The minimum absolute atomic E-state index is 0.0182. The third-order valence-electron chi connectivity index (χ3n) is 1.65. The molecule has 0 aliphatic carbocycles. The highest BCUT2D eigenvalue weighted by molar-refractivity contribution is 8.01. The van der Waals surface area contributed by atoms with E-state index in [-0.39, 0.29) is 11.8 Å². The molecule has 3 nitrogen and oxygen atoms in total. The number of hydrogen-bond donors (Lipinski definition) is 0. The molecule has 0 amide bonds. The third kappa shape index (κ3) is 2.24. The van der Waals surface area contributed by atoms with Crippen LogP contribution in [-0.2, 0) is 14.3 Å². The molecule has 0 saturated carbocycles. The molecule has 1 aliphatic heterocycles. The van der Waals surface area contributed by atoms with Gasteiger partial charge in [-0.25, -0.2) is 0 Å². The van der Waals surface area contributed by atoms with Crippen molar-refractivity contribution in [3.05, 3.63) is 0 Å². The molecule has 4 heteroatoms. The van der Waals surface area contributed by atoms with Crippen LogP contribution in [0.5, 0.6) is 0 Å². The number of ketones is 1. The Labute approximate surface area is 75.8 Å². The van der Waals surface area contributed by atoms with Gasteiger partial charge in [-0.3, -0.25) is 9.59 Å². The zero-order chi connectivity index (χ0) is 8.97. The standard InChI is InChI=1S/C8H12O3S/c1-2-11-8(10)7-6(9)4-3-5-12-7/h7H,2-5H2,1H3/t7-/m1/s1. The van der Waals surface area contributed by atoms with Gasteiger partial charge in [0.15, 0.2) is 11.0 Å². The van der Waals surface area contributed by atoms with Crippen molar-refractivity contribution in [3.8, 4) is 0 Å². The van der Waals surface area contributed by atoms with Crippen molar-refractivity contribution in [1.82, 2.24) is 0 Å². The molecule has 68 valence electrons. The highest BCUT2D eigenvalue weighted by Crippen LogP contribution is 2.23. The Morgan fingerprint density at radius 1 is 1.75 bits per heavy atom. The van der Waals surface area contributed by atoms with Gasteiger partial charge in [0.25, 0.3) is 0 Å². The number of hydrogen-bond acceptors (Lipinski definition) is 4. The topological polar surface area (TPSA) is 43.4 Å². The largest absolute Gasteiger partial charge is 0.465 e. The second-order valence-electron chi connectivity index (χ2n) is 2.57. The molecule has 0 radical (unpaired) electrons. The highest BCUT2D eigenvalue weighted by atomic mass is 32.2. The molecule has 1 rings (SSSR count). The van der Waals surface area contributed by atoms with Crippen LogP contribution in [0.15, 0.2) is 0 Å². The maximum Gasteiger partial charge on any atom is 0.326 e. The molecule has 0 N–H and O–H groups in total. The van der Waals surface area contributed by atoms with Crippen molar-refractivity contribution in [1.29, 1.82) is 0 Å². The number of carbonyl (C=O) groups is 2. The normalized spacial score (nSPS) is 23.8. The summed E-state index contributed by atoms with van der Waals surface area (Å²) in [5.74, 6) is 0.534. The van der Waals surface area contributed by atoms with Gasteiger partial charge in [0.05, 0.1) is 6.61 Å². The molecule has 0 aromatic carbocycles. The molecule has 0 spiro atoms. The van der Waals surface area contributed by atoms with Gasteiger partial charge < -0.3 is 4.74 Å². The predicted octanol–water partition coefficient (Wildman–Crippen LogP) is 1.01. The second-order valence-corrected chi connectivity index (χ2v) is 3.79. The van der Waals surface area contributed by atoms with Gasteiger partial charge in [0.2, 0.25) is 0 Å². The lowest BCUT2D eigenvalue weighted by Crippen LogP contribution is -2.32. The lowest BCUT2D eigenvalue weighted by Gasteiger charge is -2.17. The summed E-state index contributed by atoms with van der Waals surface area (Å²) in [6.45, 7) is 2.10. The Kier molecular flexibility index (Phi) is 3.59. The van der Waals surface area contributed by atoms with Crippen molar-refractivity contribution in [2.45, 2.75) is 25.0 Å². The van der Waals surface area contributed by atoms with Crippen LogP contribution in [0.3, 0.4) is 0 Å². The monoisotopic (exact) mass is 188 g/mol. The lowest BCUT2D eigenvalue weighted by molar-refractivity contribution is -0.144. The van der Waals surface area contributed by atoms with Crippen LogP contribution >= 0.6 is 11.8 Å². The first-order chi connectivity index (χ1) is 5.75. The van der Waals surface area contributed by atoms with Crippen LogP contribution in [0.4, 0.5) is 0 Å². The van der Waals surface area contributed by atoms with Gasteiger partial charge in [0.1, 0.15) is 0 Å². The molecule has 0 bridgehead atoms. The fourth-order valence-electron chi connectivity index (χ4n) is 1.09. The number of esters is 1. The average molecular weight is 188 g/mol.